The summed E-state index contributed by atoms with van der Waals surface area (Å²) in [7, 11) is 0. The number of hydrogen-bond acceptors (Lipinski definition) is 0. The van der Waals surface area contributed by atoms with Crippen molar-refractivity contribution in [2.75, 3.05) is 0 Å². The Morgan fingerprint density at radius 3 is 1.17 bits per heavy atom. The molecule has 194 valence electrons. The summed E-state index contributed by atoms with van der Waals surface area (Å²) in [6, 6.07) is 22.3. The average molecular weight is 706 g/mol. The van der Waals surface area contributed by atoms with Crippen LogP contribution in [0, 0.1) is 10.8 Å². The molecule has 4 rings (SSSR count). The van der Waals surface area contributed by atoms with Crippen molar-refractivity contribution in [1.29, 1.82) is 0 Å². The number of halogens is 2. The molecule has 2 aliphatic rings. The monoisotopic (exact) mass is 706 g/mol. The molecule has 0 saturated heterocycles. The molecule has 0 atom stereocenters. The zero-order chi connectivity index (χ0) is 25.0. The SMILES string of the molecule is CC(C)(C)C1=CC(c2ccccc2)=[C]([Hf]([CH3])([CH3])(=[SiH2])[C]2=C(c3ccccc3)C=C(C(C)(C)C)C2)C1.Cl.Cl. The van der Waals surface area contributed by atoms with Gasteiger partial charge in [0.25, 0.3) is 0 Å². The summed E-state index contributed by atoms with van der Waals surface area (Å²) in [5.41, 5.74) is 9.36. The van der Waals surface area contributed by atoms with Crippen molar-refractivity contribution in [2.24, 2.45) is 10.8 Å². The minimum atomic E-state index is -3.69. The number of hydrogen-bond donors (Lipinski definition) is 0. The smallest absolute Gasteiger partial charge is 0.147 e. The van der Waals surface area contributed by atoms with Crippen molar-refractivity contribution in [1.82, 2.24) is 0 Å². The molecule has 0 radical (unpaired) electrons. The van der Waals surface area contributed by atoms with Gasteiger partial charge < -0.3 is 0 Å². The Balaban J connectivity index is 0.00000228. The Bertz CT molecular complexity index is 1210. The molecule has 4 heteroatoms. The van der Waals surface area contributed by atoms with Crippen molar-refractivity contribution >= 4 is 42.9 Å². The van der Waals surface area contributed by atoms with Gasteiger partial charge >= 0.3 is 212 Å². The molecule has 0 nitrogen and oxygen atoms in total. The van der Waals surface area contributed by atoms with Gasteiger partial charge in [0.1, 0.15) is 0 Å². The van der Waals surface area contributed by atoms with Gasteiger partial charge in [-0.05, 0) is 0 Å². The number of rotatable bonds is 4. The molecule has 0 fully saturated rings. The summed E-state index contributed by atoms with van der Waals surface area (Å²) in [6.07, 6.45) is 7.38. The van der Waals surface area contributed by atoms with E-state index in [9.17, 15) is 0 Å². The van der Waals surface area contributed by atoms with E-state index in [0.29, 0.717) is 0 Å². The van der Waals surface area contributed by atoms with Gasteiger partial charge in [-0.15, -0.1) is 24.8 Å². The maximum absolute atomic E-state index is 3.69. The van der Waals surface area contributed by atoms with Crippen molar-refractivity contribution in [3.63, 3.8) is 0 Å². The Hall–Kier alpha value is -0.933. The molecule has 0 N–H and O–H groups in total. The van der Waals surface area contributed by atoms with Crippen LogP contribution in [-0.4, -0.2) is 6.94 Å². The summed E-state index contributed by atoms with van der Waals surface area (Å²) in [5.74, 6) is 0. The van der Waals surface area contributed by atoms with Crippen LogP contribution in [0.15, 0.2) is 90.6 Å². The van der Waals surface area contributed by atoms with Gasteiger partial charge in [-0.3, -0.25) is 0 Å². The third kappa shape index (κ3) is 6.03. The third-order valence-electron chi connectivity index (χ3n) is 8.05. The van der Waals surface area contributed by atoms with Crippen LogP contribution in [0.25, 0.3) is 11.1 Å². The molecular weight excluding hydrogens is 662 g/mol. The normalized spacial score (nSPS) is 16.9. The second kappa shape index (κ2) is 10.7. The Morgan fingerprint density at radius 1 is 0.583 bits per heavy atom. The van der Waals surface area contributed by atoms with E-state index in [2.05, 4.69) is 131 Å². The van der Waals surface area contributed by atoms with E-state index in [0.717, 1.165) is 12.8 Å². The topological polar surface area (TPSA) is 0 Å². The van der Waals surface area contributed by atoms with Crippen LogP contribution in [0.5, 0.6) is 0 Å². The molecular formula is C32H44Cl2HfSi. The fourth-order valence-electron chi connectivity index (χ4n) is 5.52. The third-order valence-corrected chi connectivity index (χ3v) is 32.2. The van der Waals surface area contributed by atoms with Gasteiger partial charge in [0.2, 0.25) is 0 Å². The van der Waals surface area contributed by atoms with Gasteiger partial charge in [-0.1, -0.05) is 0 Å². The minimum absolute atomic E-state index is 0. The van der Waals surface area contributed by atoms with Gasteiger partial charge in [0, 0.05) is 0 Å². The van der Waals surface area contributed by atoms with Crippen LogP contribution in [0.2, 0.25) is 9.36 Å². The summed E-state index contributed by atoms with van der Waals surface area (Å²) >= 11 is -3.69. The van der Waals surface area contributed by atoms with Crippen LogP contribution in [-0.2, 0) is 17.1 Å². The molecule has 0 heterocycles. The van der Waals surface area contributed by atoms with Crippen LogP contribution >= 0.6 is 24.8 Å². The van der Waals surface area contributed by atoms with E-state index in [1.54, 1.807) is 17.8 Å². The summed E-state index contributed by atoms with van der Waals surface area (Å²) in [6.45, 7) is 16.7. The molecule has 0 amide bonds. The predicted molar refractivity (Wildman–Crippen MR) is 166 cm³/mol. The van der Waals surface area contributed by atoms with Crippen LogP contribution < -0.4 is 0 Å². The van der Waals surface area contributed by atoms with Crippen molar-refractivity contribution in [2.45, 2.75) is 63.7 Å². The van der Waals surface area contributed by atoms with E-state index in [-0.39, 0.29) is 35.6 Å². The van der Waals surface area contributed by atoms with E-state index in [1.807, 2.05) is 0 Å². The summed E-state index contributed by atoms with van der Waals surface area (Å²) < 4.78 is 8.98. The first-order valence-corrected chi connectivity index (χ1v) is 31.9. The van der Waals surface area contributed by atoms with Crippen molar-refractivity contribution < 1.29 is 17.1 Å². The van der Waals surface area contributed by atoms with E-state index in [1.165, 1.54) is 22.3 Å². The van der Waals surface area contributed by atoms with Crippen LogP contribution in [0.3, 0.4) is 0 Å². The van der Waals surface area contributed by atoms with Crippen LogP contribution in [0.1, 0.15) is 65.5 Å². The van der Waals surface area contributed by atoms with Gasteiger partial charge in [-0.25, -0.2) is 0 Å². The van der Waals surface area contributed by atoms with Gasteiger partial charge in [-0.2, -0.15) is 0 Å². The molecule has 0 unspecified atom stereocenters. The molecule has 2 aromatic carbocycles. The molecule has 0 bridgehead atoms. The maximum Gasteiger partial charge on any atom is -0.147 e. The minimum Gasteiger partial charge on any atom is -0.147 e. The van der Waals surface area contributed by atoms with E-state index in [4.69, 9.17) is 0 Å². The van der Waals surface area contributed by atoms with E-state index < -0.39 is 17.1 Å². The first kappa shape index (κ1) is 31.3. The fourth-order valence-corrected chi connectivity index (χ4v) is 25.2. The first-order valence-electron chi connectivity index (χ1n) is 12.7. The standard InChI is InChI=1S/2C15H17.2CH3.2ClH.Hf.H2Si/c2*1-15(2,3)14-10-9-13(11-14)12-7-5-4-6-8-12;;;;;;/h2*4-8,11H,10H2,1-3H3;2*1H3;2*1H;;1H2. The maximum atomic E-state index is 2.71. The zero-order valence-electron chi connectivity index (χ0n) is 23.4. The Labute approximate surface area is 234 Å². The zero-order valence-corrected chi connectivity index (χ0v) is 30.0. The Morgan fingerprint density at radius 2 is 0.889 bits per heavy atom. The van der Waals surface area contributed by atoms with Gasteiger partial charge in [0.05, 0.1) is 0 Å². The van der Waals surface area contributed by atoms with Gasteiger partial charge in [0.15, 0.2) is 0 Å². The average Bonchev–Trinajstić information content (AvgIpc) is 3.41. The summed E-state index contributed by atoms with van der Waals surface area (Å²) in [5, 5.41) is 0. The predicted octanol–water partition coefficient (Wildman–Crippen LogP) is 9.74. The molecule has 2 aromatic rings. The largest absolute Gasteiger partial charge is 0.147 e. The number of benzene rings is 2. The van der Waals surface area contributed by atoms with Crippen molar-refractivity contribution in [3.8, 4) is 0 Å². The quantitative estimate of drug-likeness (QED) is 0.278. The molecule has 36 heavy (non-hydrogen) atoms. The van der Waals surface area contributed by atoms with E-state index >= 15 is 0 Å². The fraction of sp³-hybridized carbons (Fsp3) is 0.375. The second-order valence-corrected chi connectivity index (χ2v) is 54.4. The Kier molecular flexibility index (Phi) is 9.28. The molecule has 0 aliphatic heterocycles. The first-order chi connectivity index (χ1) is 15.7. The number of allylic oxidation sites excluding steroid dienone is 8. The molecule has 2 aliphatic carbocycles. The molecule has 0 saturated carbocycles. The molecule has 0 spiro atoms. The van der Waals surface area contributed by atoms with Crippen molar-refractivity contribution in [3.05, 3.63) is 102 Å². The summed E-state index contributed by atoms with van der Waals surface area (Å²) in [4.78, 5) is 0. The molecule has 0 aromatic heterocycles. The second-order valence-electron chi connectivity index (χ2n) is 13.4. The van der Waals surface area contributed by atoms with Crippen LogP contribution in [0.4, 0.5) is 0 Å².